The van der Waals surface area contributed by atoms with Gasteiger partial charge < -0.3 is 11.5 Å². The van der Waals surface area contributed by atoms with Crippen molar-refractivity contribution >= 4 is 11.4 Å². The van der Waals surface area contributed by atoms with Gasteiger partial charge in [0.05, 0.1) is 0 Å². The Balaban J connectivity index is 3.03. The lowest BCUT2D eigenvalue weighted by molar-refractivity contribution is 0.568. The van der Waals surface area contributed by atoms with E-state index >= 15 is 0 Å². The highest BCUT2D eigenvalue weighted by molar-refractivity contribution is 5.71. The van der Waals surface area contributed by atoms with Crippen molar-refractivity contribution in [2.24, 2.45) is 0 Å². The first-order valence-corrected chi connectivity index (χ1v) is 22.3. The SMILES string of the molecule is CCCCCCCCCCc1c(N)c(CCCCCCCCCC)c(CCCCCCCCCC)c(N)c1CCCCCCCCCC. The molecule has 2 heteroatoms. The van der Waals surface area contributed by atoms with Crippen LogP contribution in [0.4, 0.5) is 11.4 Å². The van der Waals surface area contributed by atoms with Crippen LogP contribution >= 0.6 is 0 Å². The molecule has 0 fully saturated rings. The summed E-state index contributed by atoms with van der Waals surface area (Å²) in [5.41, 5.74) is 22.7. The Labute approximate surface area is 303 Å². The average Bonchev–Trinajstić information content (AvgIpc) is 3.09. The van der Waals surface area contributed by atoms with E-state index in [1.54, 1.807) is 0 Å². The van der Waals surface area contributed by atoms with Gasteiger partial charge in [0, 0.05) is 11.4 Å². The molecule has 1 rings (SSSR count). The molecule has 48 heavy (non-hydrogen) atoms. The molecule has 4 N–H and O–H groups in total. The zero-order valence-corrected chi connectivity index (χ0v) is 33.6. The summed E-state index contributed by atoms with van der Waals surface area (Å²) >= 11 is 0. The minimum Gasteiger partial charge on any atom is -0.398 e. The lowest BCUT2D eigenvalue weighted by Crippen LogP contribution is -2.14. The Morgan fingerprint density at radius 1 is 0.229 bits per heavy atom. The van der Waals surface area contributed by atoms with Gasteiger partial charge in [-0.05, 0) is 73.6 Å². The standard InChI is InChI=1S/C46H88N2/c1-5-9-13-17-21-25-29-33-37-41-42(38-34-30-26-22-18-14-10-6-2)46(48)44(40-36-32-28-24-20-16-12-8-4)43(45(41)47)39-35-31-27-23-19-15-11-7-3/h5-40,47-48H2,1-4H3. The summed E-state index contributed by atoms with van der Waals surface area (Å²) in [5, 5.41) is 0. The number of unbranched alkanes of at least 4 members (excludes halogenated alkanes) is 28. The first kappa shape index (κ1) is 44.8. The number of hydrogen-bond acceptors (Lipinski definition) is 2. The van der Waals surface area contributed by atoms with Crippen LogP contribution in [0, 0.1) is 0 Å². The van der Waals surface area contributed by atoms with Crippen LogP contribution in [0.2, 0.25) is 0 Å². The quantitative estimate of drug-likeness (QED) is 0.0552. The molecule has 282 valence electrons. The second kappa shape index (κ2) is 33.0. The van der Waals surface area contributed by atoms with Crippen LogP contribution in [-0.4, -0.2) is 0 Å². The molecule has 0 unspecified atom stereocenters. The molecule has 1 aromatic rings. The van der Waals surface area contributed by atoms with Crippen molar-refractivity contribution in [2.75, 3.05) is 11.5 Å². The van der Waals surface area contributed by atoms with Gasteiger partial charge in [-0.2, -0.15) is 0 Å². The Morgan fingerprint density at radius 2 is 0.375 bits per heavy atom. The molecule has 0 aliphatic rings. The van der Waals surface area contributed by atoms with Gasteiger partial charge in [0.15, 0.2) is 0 Å². The molecule has 0 saturated heterocycles. The third kappa shape index (κ3) is 21.8. The second-order valence-electron chi connectivity index (χ2n) is 15.6. The maximum absolute atomic E-state index is 7.29. The van der Waals surface area contributed by atoms with E-state index in [4.69, 9.17) is 11.5 Å². The van der Waals surface area contributed by atoms with Crippen LogP contribution in [0.25, 0.3) is 0 Å². The molecular weight excluding hydrogens is 581 g/mol. The second-order valence-corrected chi connectivity index (χ2v) is 15.6. The van der Waals surface area contributed by atoms with Crippen LogP contribution in [0.3, 0.4) is 0 Å². The van der Waals surface area contributed by atoms with Gasteiger partial charge in [-0.3, -0.25) is 0 Å². The lowest BCUT2D eigenvalue weighted by atomic mass is 9.84. The van der Waals surface area contributed by atoms with Crippen molar-refractivity contribution in [3.8, 4) is 0 Å². The van der Waals surface area contributed by atoms with Gasteiger partial charge in [-0.25, -0.2) is 0 Å². The molecule has 0 amide bonds. The zero-order chi connectivity index (χ0) is 34.9. The number of rotatable bonds is 36. The largest absolute Gasteiger partial charge is 0.398 e. The molecule has 0 aliphatic heterocycles. The van der Waals surface area contributed by atoms with E-state index in [1.165, 1.54) is 228 Å². The van der Waals surface area contributed by atoms with Crippen LogP contribution in [-0.2, 0) is 25.7 Å². The van der Waals surface area contributed by atoms with E-state index < -0.39 is 0 Å². The van der Waals surface area contributed by atoms with E-state index in [2.05, 4.69) is 27.7 Å². The number of benzene rings is 1. The summed E-state index contributed by atoms with van der Waals surface area (Å²) in [4.78, 5) is 0. The van der Waals surface area contributed by atoms with E-state index in [0.717, 1.165) is 37.1 Å². The van der Waals surface area contributed by atoms with Crippen LogP contribution in [0.1, 0.15) is 255 Å². The van der Waals surface area contributed by atoms with Gasteiger partial charge in [0.1, 0.15) is 0 Å². The Bertz CT molecular complexity index is 709. The molecule has 0 heterocycles. The molecule has 0 saturated carbocycles. The van der Waals surface area contributed by atoms with Crippen molar-refractivity contribution in [3.63, 3.8) is 0 Å². The summed E-state index contributed by atoms with van der Waals surface area (Å²) in [7, 11) is 0. The fourth-order valence-corrected chi connectivity index (χ4v) is 7.90. The summed E-state index contributed by atoms with van der Waals surface area (Å²) < 4.78 is 0. The van der Waals surface area contributed by atoms with E-state index in [9.17, 15) is 0 Å². The van der Waals surface area contributed by atoms with Crippen LogP contribution in [0.15, 0.2) is 0 Å². The van der Waals surface area contributed by atoms with Gasteiger partial charge in [-0.1, -0.05) is 207 Å². The third-order valence-electron chi connectivity index (χ3n) is 11.2. The molecule has 2 nitrogen and oxygen atoms in total. The Kier molecular flexibility index (Phi) is 30.8. The monoisotopic (exact) mass is 669 g/mol. The van der Waals surface area contributed by atoms with Crippen molar-refractivity contribution in [3.05, 3.63) is 22.3 Å². The van der Waals surface area contributed by atoms with E-state index in [1.807, 2.05) is 0 Å². The fraction of sp³-hybridized carbons (Fsp3) is 0.870. The van der Waals surface area contributed by atoms with E-state index in [-0.39, 0.29) is 0 Å². The van der Waals surface area contributed by atoms with Gasteiger partial charge in [0.25, 0.3) is 0 Å². The summed E-state index contributed by atoms with van der Waals surface area (Å²) in [6.45, 7) is 9.24. The first-order valence-electron chi connectivity index (χ1n) is 22.3. The summed E-state index contributed by atoms with van der Waals surface area (Å²) in [5.74, 6) is 0. The molecule has 0 bridgehead atoms. The summed E-state index contributed by atoms with van der Waals surface area (Å²) in [6, 6.07) is 0. The molecule has 0 aliphatic carbocycles. The van der Waals surface area contributed by atoms with Gasteiger partial charge in [0.2, 0.25) is 0 Å². The molecule has 1 aromatic carbocycles. The summed E-state index contributed by atoms with van der Waals surface area (Å²) in [6.07, 6.45) is 48.1. The normalized spacial score (nSPS) is 11.6. The van der Waals surface area contributed by atoms with Crippen molar-refractivity contribution in [2.45, 2.75) is 259 Å². The van der Waals surface area contributed by atoms with Crippen molar-refractivity contribution in [1.82, 2.24) is 0 Å². The van der Waals surface area contributed by atoms with Crippen LogP contribution < -0.4 is 11.5 Å². The number of nitrogen functional groups attached to an aromatic ring is 2. The smallest absolute Gasteiger partial charge is 0.0386 e. The highest BCUT2D eigenvalue weighted by Crippen LogP contribution is 2.37. The Hall–Kier alpha value is -1.18. The number of anilines is 2. The molecule has 0 radical (unpaired) electrons. The van der Waals surface area contributed by atoms with Crippen molar-refractivity contribution in [1.29, 1.82) is 0 Å². The first-order chi connectivity index (χ1) is 23.6. The highest BCUT2D eigenvalue weighted by Gasteiger charge is 2.20. The zero-order valence-electron chi connectivity index (χ0n) is 33.6. The average molecular weight is 669 g/mol. The lowest BCUT2D eigenvalue weighted by Gasteiger charge is -2.24. The van der Waals surface area contributed by atoms with Gasteiger partial charge in [-0.15, -0.1) is 0 Å². The maximum Gasteiger partial charge on any atom is 0.0386 e. The number of hydrogen-bond donors (Lipinski definition) is 2. The van der Waals surface area contributed by atoms with Crippen molar-refractivity contribution < 1.29 is 0 Å². The highest BCUT2D eigenvalue weighted by atomic mass is 14.6. The van der Waals surface area contributed by atoms with Gasteiger partial charge >= 0.3 is 0 Å². The topological polar surface area (TPSA) is 52.0 Å². The minimum atomic E-state index is 1.12. The predicted molar refractivity (Wildman–Crippen MR) is 221 cm³/mol. The third-order valence-corrected chi connectivity index (χ3v) is 11.2. The molecule has 0 spiro atoms. The molecule has 0 aromatic heterocycles. The predicted octanol–water partition coefficient (Wildman–Crippen LogP) is 15.6. The molecule has 0 atom stereocenters. The number of nitrogens with two attached hydrogens (primary N) is 2. The minimum absolute atomic E-state index is 1.12. The maximum atomic E-state index is 7.29. The molecular formula is C46H88N2. The van der Waals surface area contributed by atoms with Crippen LogP contribution in [0.5, 0.6) is 0 Å². The fourth-order valence-electron chi connectivity index (χ4n) is 7.90. The van der Waals surface area contributed by atoms with E-state index in [0.29, 0.717) is 0 Å². The Morgan fingerprint density at radius 3 is 0.542 bits per heavy atom.